The van der Waals surface area contributed by atoms with E-state index in [0.29, 0.717) is 17.8 Å². The first-order chi connectivity index (χ1) is 9.54. The molecule has 0 aliphatic rings. The second-order valence-electron chi connectivity index (χ2n) is 5.21. The van der Waals surface area contributed by atoms with Crippen molar-refractivity contribution in [2.45, 2.75) is 32.4 Å². The van der Waals surface area contributed by atoms with Crippen LogP contribution in [0, 0.1) is 0 Å². The smallest absolute Gasteiger partial charge is 0.115 e. The Morgan fingerprint density at radius 1 is 1.10 bits per heavy atom. The molecular formula is C17H20BrNO. The van der Waals surface area contributed by atoms with Gasteiger partial charge >= 0.3 is 0 Å². The number of aromatic hydroxyl groups is 1. The number of phenolic OH excluding ortho intramolecular Hbond substituents is 1. The van der Waals surface area contributed by atoms with Gasteiger partial charge in [-0.05, 0) is 55.7 Å². The third kappa shape index (κ3) is 4.36. The summed E-state index contributed by atoms with van der Waals surface area (Å²) < 4.78 is 1.11. The minimum absolute atomic E-state index is 0.305. The van der Waals surface area contributed by atoms with Crippen LogP contribution in [0.5, 0.6) is 5.75 Å². The van der Waals surface area contributed by atoms with Crippen LogP contribution in [0.4, 0.5) is 0 Å². The fourth-order valence-corrected chi connectivity index (χ4v) is 2.76. The average Bonchev–Trinajstić information content (AvgIpc) is 2.41. The first-order valence-electron chi connectivity index (χ1n) is 6.84. The zero-order valence-corrected chi connectivity index (χ0v) is 13.4. The third-order valence-corrected chi connectivity index (χ3v) is 3.85. The minimum atomic E-state index is 0.305. The highest BCUT2D eigenvalue weighted by molar-refractivity contribution is 9.10. The van der Waals surface area contributed by atoms with Crippen molar-refractivity contribution in [1.82, 2.24) is 5.32 Å². The van der Waals surface area contributed by atoms with Crippen molar-refractivity contribution in [2.24, 2.45) is 0 Å². The molecule has 0 aliphatic heterocycles. The molecule has 1 unspecified atom stereocenters. The molecule has 0 saturated carbocycles. The molecule has 2 aromatic rings. The molecule has 3 heteroatoms. The first-order valence-corrected chi connectivity index (χ1v) is 7.63. The van der Waals surface area contributed by atoms with E-state index in [-0.39, 0.29) is 0 Å². The monoisotopic (exact) mass is 333 g/mol. The maximum absolute atomic E-state index is 9.29. The number of hydrogen-bond acceptors (Lipinski definition) is 2. The molecule has 0 bridgehead atoms. The zero-order chi connectivity index (χ0) is 14.5. The van der Waals surface area contributed by atoms with Gasteiger partial charge in [0.2, 0.25) is 0 Å². The van der Waals surface area contributed by atoms with E-state index < -0.39 is 0 Å². The molecule has 2 atom stereocenters. The molecule has 0 spiro atoms. The summed E-state index contributed by atoms with van der Waals surface area (Å²) in [5, 5.41) is 12.9. The molecule has 2 nitrogen and oxygen atoms in total. The fourth-order valence-electron chi connectivity index (χ4n) is 2.34. The summed E-state index contributed by atoms with van der Waals surface area (Å²) >= 11 is 3.51. The van der Waals surface area contributed by atoms with Crippen LogP contribution in [0.25, 0.3) is 0 Å². The molecule has 2 rings (SSSR count). The number of phenols is 1. The third-order valence-electron chi connectivity index (χ3n) is 3.36. The van der Waals surface area contributed by atoms with Gasteiger partial charge < -0.3 is 10.4 Å². The van der Waals surface area contributed by atoms with E-state index in [2.05, 4.69) is 53.3 Å². The lowest BCUT2D eigenvalue weighted by molar-refractivity contribution is 0.470. The topological polar surface area (TPSA) is 32.3 Å². The highest BCUT2D eigenvalue weighted by Crippen LogP contribution is 2.19. The van der Waals surface area contributed by atoms with Crippen LogP contribution in [-0.2, 0) is 6.42 Å². The van der Waals surface area contributed by atoms with Crippen molar-refractivity contribution >= 4 is 15.9 Å². The molecule has 0 amide bonds. The molecule has 20 heavy (non-hydrogen) atoms. The van der Waals surface area contributed by atoms with E-state index in [1.165, 1.54) is 11.1 Å². The van der Waals surface area contributed by atoms with Crippen LogP contribution in [-0.4, -0.2) is 11.1 Å². The van der Waals surface area contributed by atoms with Gasteiger partial charge in [-0.3, -0.25) is 0 Å². The van der Waals surface area contributed by atoms with Crippen LogP contribution in [0.3, 0.4) is 0 Å². The van der Waals surface area contributed by atoms with E-state index >= 15 is 0 Å². The lowest BCUT2D eigenvalue weighted by Crippen LogP contribution is -2.30. The van der Waals surface area contributed by atoms with E-state index in [1.54, 1.807) is 12.1 Å². The van der Waals surface area contributed by atoms with Crippen LogP contribution >= 0.6 is 15.9 Å². The van der Waals surface area contributed by atoms with Crippen molar-refractivity contribution in [3.63, 3.8) is 0 Å². The molecule has 0 radical (unpaired) electrons. The van der Waals surface area contributed by atoms with Crippen molar-refractivity contribution in [1.29, 1.82) is 0 Å². The van der Waals surface area contributed by atoms with Gasteiger partial charge in [0.25, 0.3) is 0 Å². The van der Waals surface area contributed by atoms with Crippen LogP contribution in [0.15, 0.2) is 53.0 Å². The van der Waals surface area contributed by atoms with E-state index in [0.717, 1.165) is 10.9 Å². The average molecular weight is 334 g/mol. The summed E-state index contributed by atoms with van der Waals surface area (Å²) in [6, 6.07) is 16.5. The molecular weight excluding hydrogens is 314 g/mol. The summed E-state index contributed by atoms with van der Waals surface area (Å²) in [5.41, 5.74) is 2.50. The van der Waals surface area contributed by atoms with E-state index in [4.69, 9.17) is 0 Å². The molecule has 2 aromatic carbocycles. The van der Waals surface area contributed by atoms with E-state index in [1.807, 2.05) is 18.2 Å². The first kappa shape index (κ1) is 15.1. The number of nitrogens with one attached hydrogen (secondary N) is 1. The Kier molecular flexibility index (Phi) is 5.21. The maximum Gasteiger partial charge on any atom is 0.115 e. The van der Waals surface area contributed by atoms with Crippen molar-refractivity contribution in [2.75, 3.05) is 0 Å². The Morgan fingerprint density at radius 2 is 1.80 bits per heavy atom. The minimum Gasteiger partial charge on any atom is -0.508 e. The van der Waals surface area contributed by atoms with Gasteiger partial charge in [-0.1, -0.05) is 40.2 Å². The maximum atomic E-state index is 9.29. The molecule has 0 aliphatic carbocycles. The zero-order valence-electron chi connectivity index (χ0n) is 11.8. The van der Waals surface area contributed by atoms with Gasteiger partial charge in [0.05, 0.1) is 0 Å². The van der Waals surface area contributed by atoms with Crippen LogP contribution < -0.4 is 5.32 Å². The Morgan fingerprint density at radius 3 is 2.45 bits per heavy atom. The standard InChI is InChI=1S/C17H20BrNO/c1-12(10-14-6-8-17(20)9-7-14)19-13(2)15-4-3-5-16(18)11-15/h3-9,11-13,19-20H,10H2,1-2H3/t12?,13-/m1/s1. The Hall–Kier alpha value is -1.32. The predicted molar refractivity (Wildman–Crippen MR) is 87.0 cm³/mol. The molecule has 0 heterocycles. The molecule has 0 fully saturated rings. The highest BCUT2D eigenvalue weighted by Gasteiger charge is 2.10. The van der Waals surface area contributed by atoms with Crippen molar-refractivity contribution in [3.8, 4) is 5.75 Å². The predicted octanol–water partition coefficient (Wildman–Crippen LogP) is 4.44. The SMILES string of the molecule is CC(Cc1ccc(O)cc1)N[C@H](C)c1cccc(Br)c1. The van der Waals surface area contributed by atoms with Gasteiger partial charge in [-0.2, -0.15) is 0 Å². The molecule has 2 N–H and O–H groups in total. The normalized spacial score (nSPS) is 13.9. The fraction of sp³-hybridized carbons (Fsp3) is 0.294. The second-order valence-corrected chi connectivity index (χ2v) is 6.13. The Labute approximate surface area is 129 Å². The number of rotatable bonds is 5. The van der Waals surface area contributed by atoms with Gasteiger partial charge in [0.15, 0.2) is 0 Å². The van der Waals surface area contributed by atoms with Gasteiger partial charge in [0, 0.05) is 16.6 Å². The summed E-state index contributed by atoms with van der Waals surface area (Å²) in [5.74, 6) is 0.317. The van der Waals surface area contributed by atoms with Crippen molar-refractivity contribution < 1.29 is 5.11 Å². The number of halogens is 1. The lowest BCUT2D eigenvalue weighted by atomic mass is 10.0. The summed E-state index contributed by atoms with van der Waals surface area (Å²) in [6.45, 7) is 4.36. The largest absolute Gasteiger partial charge is 0.508 e. The molecule has 0 saturated heterocycles. The lowest BCUT2D eigenvalue weighted by Gasteiger charge is -2.20. The highest BCUT2D eigenvalue weighted by atomic mass is 79.9. The number of benzene rings is 2. The quantitative estimate of drug-likeness (QED) is 0.847. The Balaban J connectivity index is 1.93. The van der Waals surface area contributed by atoms with Crippen LogP contribution in [0.2, 0.25) is 0 Å². The number of hydrogen-bond donors (Lipinski definition) is 2. The summed E-state index contributed by atoms with van der Waals surface area (Å²) in [7, 11) is 0. The van der Waals surface area contributed by atoms with Crippen molar-refractivity contribution in [3.05, 3.63) is 64.1 Å². The van der Waals surface area contributed by atoms with E-state index in [9.17, 15) is 5.11 Å². The molecule has 106 valence electrons. The summed E-state index contributed by atoms with van der Waals surface area (Å²) in [6.07, 6.45) is 0.943. The van der Waals surface area contributed by atoms with Gasteiger partial charge in [-0.15, -0.1) is 0 Å². The molecule has 0 aromatic heterocycles. The summed E-state index contributed by atoms with van der Waals surface area (Å²) in [4.78, 5) is 0. The van der Waals surface area contributed by atoms with Crippen LogP contribution in [0.1, 0.15) is 31.0 Å². The van der Waals surface area contributed by atoms with Gasteiger partial charge in [0.1, 0.15) is 5.75 Å². The second kappa shape index (κ2) is 6.91. The Bertz CT molecular complexity index is 553. The van der Waals surface area contributed by atoms with Gasteiger partial charge in [-0.25, -0.2) is 0 Å².